The Morgan fingerprint density at radius 3 is 2.12 bits per heavy atom. The van der Waals surface area contributed by atoms with Crippen molar-refractivity contribution >= 4 is 12.4 Å². The maximum Gasteiger partial charge on any atom is 1.00 e. The summed E-state index contributed by atoms with van der Waals surface area (Å²) in [5.74, 6) is -1.38. The third kappa shape index (κ3) is 3.20. The molecule has 2 aromatic rings. The SMILES string of the molecule is Fc1c([B-](F)(F)F)cnn1-c1ccccc1.[K+]. The van der Waals surface area contributed by atoms with E-state index in [9.17, 15) is 17.3 Å². The molecule has 0 spiro atoms. The summed E-state index contributed by atoms with van der Waals surface area (Å²) in [7, 11) is 0. The van der Waals surface area contributed by atoms with Crippen LogP contribution in [0, 0.1) is 5.95 Å². The van der Waals surface area contributed by atoms with Crippen LogP contribution < -0.4 is 56.8 Å². The Labute approximate surface area is 137 Å². The van der Waals surface area contributed by atoms with Gasteiger partial charge in [0.2, 0.25) is 0 Å². The van der Waals surface area contributed by atoms with Crippen LogP contribution in [0.15, 0.2) is 36.5 Å². The first-order valence-corrected chi connectivity index (χ1v) is 4.49. The van der Waals surface area contributed by atoms with Crippen molar-refractivity contribution in [2.24, 2.45) is 0 Å². The van der Waals surface area contributed by atoms with Gasteiger partial charge in [0, 0.05) is 6.20 Å². The van der Waals surface area contributed by atoms with Gasteiger partial charge in [-0.25, -0.2) is 4.68 Å². The molecule has 1 heterocycles. The van der Waals surface area contributed by atoms with Gasteiger partial charge in [-0.05, 0) is 17.6 Å². The van der Waals surface area contributed by atoms with Crippen LogP contribution in [0.5, 0.6) is 0 Å². The zero-order valence-corrected chi connectivity index (χ0v) is 12.1. The van der Waals surface area contributed by atoms with E-state index in [2.05, 4.69) is 5.10 Å². The van der Waals surface area contributed by atoms with Crippen molar-refractivity contribution in [2.45, 2.75) is 0 Å². The van der Waals surface area contributed by atoms with Crippen molar-refractivity contribution in [3.8, 4) is 5.69 Å². The molecule has 0 unspecified atom stereocenters. The second-order valence-electron chi connectivity index (χ2n) is 3.21. The maximum absolute atomic E-state index is 13.4. The predicted molar refractivity (Wildman–Crippen MR) is 52.2 cm³/mol. The average molecular weight is 268 g/mol. The number of hydrogen-bond acceptors (Lipinski definition) is 1. The van der Waals surface area contributed by atoms with Crippen LogP contribution in [0.2, 0.25) is 0 Å². The number of aromatic nitrogens is 2. The summed E-state index contributed by atoms with van der Waals surface area (Å²) in [6, 6.07) is 7.82. The monoisotopic (exact) mass is 268 g/mol. The van der Waals surface area contributed by atoms with E-state index in [1.165, 1.54) is 12.1 Å². The largest absolute Gasteiger partial charge is 1.00 e. The second-order valence-corrected chi connectivity index (χ2v) is 3.21. The molecule has 0 saturated carbocycles. The zero-order chi connectivity index (χ0) is 11.8. The molecule has 1 aromatic heterocycles. The van der Waals surface area contributed by atoms with Gasteiger partial charge in [0.15, 0.2) is 5.95 Å². The normalized spacial score (nSPS) is 11.1. The maximum atomic E-state index is 13.4. The van der Waals surface area contributed by atoms with E-state index in [-0.39, 0.29) is 57.1 Å². The molecule has 0 fully saturated rings. The first-order chi connectivity index (χ1) is 7.50. The van der Waals surface area contributed by atoms with E-state index in [0.29, 0.717) is 10.9 Å². The molecule has 0 N–H and O–H groups in total. The van der Waals surface area contributed by atoms with Crippen LogP contribution in [0.4, 0.5) is 17.3 Å². The van der Waals surface area contributed by atoms with Gasteiger partial charge in [-0.3, -0.25) is 0 Å². The van der Waals surface area contributed by atoms with Crippen LogP contribution in [0.25, 0.3) is 5.69 Å². The quantitative estimate of drug-likeness (QED) is 0.508. The minimum absolute atomic E-state index is 0. The first-order valence-electron chi connectivity index (χ1n) is 4.49. The molecular weight excluding hydrogens is 262 g/mol. The summed E-state index contributed by atoms with van der Waals surface area (Å²) in [6.07, 6.45) is 0.502. The van der Waals surface area contributed by atoms with Gasteiger partial charge in [-0.15, -0.1) is 0 Å². The summed E-state index contributed by atoms with van der Waals surface area (Å²) in [6.45, 7) is -5.37. The van der Waals surface area contributed by atoms with Crippen LogP contribution in [0.3, 0.4) is 0 Å². The summed E-state index contributed by atoms with van der Waals surface area (Å²) >= 11 is 0. The van der Waals surface area contributed by atoms with Gasteiger partial charge in [0.1, 0.15) is 0 Å². The number of para-hydroxylation sites is 1. The number of hydrogen-bond donors (Lipinski definition) is 0. The number of rotatable bonds is 2. The van der Waals surface area contributed by atoms with Crippen molar-refractivity contribution in [1.82, 2.24) is 9.78 Å². The van der Waals surface area contributed by atoms with Gasteiger partial charge in [-0.1, -0.05) is 18.2 Å². The number of nitrogens with zero attached hydrogens (tertiary/aromatic N) is 2. The van der Waals surface area contributed by atoms with Crippen LogP contribution in [-0.4, -0.2) is 16.8 Å². The average Bonchev–Trinajstić information content (AvgIpc) is 2.61. The van der Waals surface area contributed by atoms with Crippen LogP contribution in [-0.2, 0) is 0 Å². The Hall–Kier alpha value is -0.149. The summed E-state index contributed by atoms with van der Waals surface area (Å²) in [4.78, 5) is 0. The van der Waals surface area contributed by atoms with E-state index in [1.807, 2.05) is 0 Å². The van der Waals surface area contributed by atoms with Crippen molar-refractivity contribution in [3.05, 3.63) is 42.5 Å². The summed E-state index contributed by atoms with van der Waals surface area (Å²) in [5, 5.41) is 3.39. The standard InChI is InChI=1S/C9H6BF4N2.K/c11-9-8(10(12,13)14)6-15-16(9)7-4-2-1-3-5-7;/h1-6H;/q-1;+1. The third-order valence-corrected chi connectivity index (χ3v) is 2.09. The molecule has 17 heavy (non-hydrogen) atoms. The Kier molecular flexibility index (Phi) is 4.97. The minimum atomic E-state index is -5.37. The van der Waals surface area contributed by atoms with Gasteiger partial charge < -0.3 is 12.9 Å². The molecule has 0 radical (unpaired) electrons. The second kappa shape index (κ2) is 5.66. The smallest absolute Gasteiger partial charge is 0.445 e. The molecule has 2 rings (SSSR count). The topological polar surface area (TPSA) is 17.8 Å². The molecule has 1 aromatic carbocycles. The van der Waals surface area contributed by atoms with Gasteiger partial charge in [0.05, 0.1) is 5.69 Å². The molecule has 84 valence electrons. The van der Waals surface area contributed by atoms with E-state index >= 15 is 0 Å². The Balaban J connectivity index is 0.00000144. The molecular formula is C9H6BF4KN2. The summed E-state index contributed by atoms with van der Waals surface area (Å²) in [5.41, 5.74) is -1.05. The van der Waals surface area contributed by atoms with Gasteiger partial charge >= 0.3 is 58.4 Å². The van der Waals surface area contributed by atoms with E-state index in [0.717, 1.165) is 0 Å². The van der Waals surface area contributed by atoms with Crippen molar-refractivity contribution in [2.75, 3.05) is 0 Å². The number of benzene rings is 1. The fourth-order valence-electron chi connectivity index (χ4n) is 1.31. The molecule has 2 nitrogen and oxygen atoms in total. The molecule has 8 heteroatoms. The Morgan fingerprint density at radius 1 is 1.06 bits per heavy atom. The molecule has 0 aliphatic rings. The molecule has 0 amide bonds. The van der Waals surface area contributed by atoms with Crippen LogP contribution >= 0.6 is 0 Å². The van der Waals surface area contributed by atoms with E-state index in [1.54, 1.807) is 18.2 Å². The van der Waals surface area contributed by atoms with E-state index in [4.69, 9.17) is 0 Å². The molecule has 0 saturated heterocycles. The van der Waals surface area contributed by atoms with Crippen molar-refractivity contribution in [1.29, 1.82) is 0 Å². The van der Waals surface area contributed by atoms with Gasteiger partial charge in [0.25, 0.3) is 0 Å². The van der Waals surface area contributed by atoms with Gasteiger partial charge in [-0.2, -0.15) is 9.49 Å². The molecule has 0 atom stereocenters. The predicted octanol–water partition coefficient (Wildman–Crippen LogP) is -0.930. The molecule has 0 aliphatic carbocycles. The number of halogens is 4. The van der Waals surface area contributed by atoms with Crippen LogP contribution in [0.1, 0.15) is 0 Å². The van der Waals surface area contributed by atoms with Crippen molar-refractivity contribution in [3.63, 3.8) is 0 Å². The Morgan fingerprint density at radius 2 is 1.65 bits per heavy atom. The van der Waals surface area contributed by atoms with Crippen molar-refractivity contribution < 1.29 is 68.7 Å². The third-order valence-electron chi connectivity index (χ3n) is 2.09. The zero-order valence-electron chi connectivity index (χ0n) is 8.95. The molecule has 0 bridgehead atoms. The first kappa shape index (κ1) is 14.9. The summed E-state index contributed by atoms with van der Waals surface area (Å²) < 4.78 is 51.1. The molecule has 0 aliphatic heterocycles. The van der Waals surface area contributed by atoms with E-state index < -0.39 is 18.4 Å². The Bertz CT molecular complexity index is 497. The fourth-order valence-corrected chi connectivity index (χ4v) is 1.31. The minimum Gasteiger partial charge on any atom is -0.445 e. The fraction of sp³-hybridized carbons (Fsp3) is 0.